The maximum Gasteiger partial charge on any atom is 0.431 e. The minimum atomic E-state index is -5.93. The van der Waals surface area contributed by atoms with Gasteiger partial charge in [0, 0.05) is 0 Å². The van der Waals surface area contributed by atoms with Crippen molar-refractivity contribution in [2.24, 2.45) is 0 Å². The normalized spacial score (nSPS) is 14.6. The molecule has 0 saturated heterocycles. The summed E-state index contributed by atoms with van der Waals surface area (Å²) in [6, 6.07) is 0. The van der Waals surface area contributed by atoms with Gasteiger partial charge in [0.2, 0.25) is 0 Å². The maximum atomic E-state index is 12.7. The van der Waals surface area contributed by atoms with Crippen molar-refractivity contribution in [2.45, 2.75) is 37.3 Å². The van der Waals surface area contributed by atoms with Gasteiger partial charge in [-0.15, -0.1) is 0 Å². The second-order valence-electron chi connectivity index (χ2n) is 2.75. The SMILES string of the molecule is [CH2]CCCC(F)(C(F)(F)F)C(F)(F)F. The minimum Gasteiger partial charge on any atom is -0.224 e. The van der Waals surface area contributed by atoms with Gasteiger partial charge in [0.15, 0.2) is 0 Å². The zero-order chi connectivity index (χ0) is 11.6. The van der Waals surface area contributed by atoms with Gasteiger partial charge in [-0.05, 0) is 12.8 Å². The highest BCUT2D eigenvalue weighted by Gasteiger charge is 2.71. The van der Waals surface area contributed by atoms with E-state index in [1.54, 1.807) is 0 Å². The minimum absolute atomic E-state index is 0.183. The molecule has 0 N–H and O–H groups in total. The van der Waals surface area contributed by atoms with Crippen LogP contribution in [0.1, 0.15) is 19.3 Å². The summed E-state index contributed by atoms with van der Waals surface area (Å²) in [7, 11) is 0. The Bertz CT molecular complexity index is 163. The van der Waals surface area contributed by atoms with E-state index >= 15 is 0 Å². The summed E-state index contributed by atoms with van der Waals surface area (Å²) in [6.45, 7) is 3.05. The van der Waals surface area contributed by atoms with Gasteiger partial charge in [0.25, 0.3) is 5.67 Å². The molecular weight excluding hydrogens is 217 g/mol. The van der Waals surface area contributed by atoms with Crippen LogP contribution in [0.4, 0.5) is 30.7 Å². The van der Waals surface area contributed by atoms with E-state index in [4.69, 9.17) is 0 Å². The second-order valence-corrected chi connectivity index (χ2v) is 2.75. The Morgan fingerprint density at radius 1 is 0.786 bits per heavy atom. The van der Waals surface area contributed by atoms with Gasteiger partial charge in [-0.3, -0.25) is 0 Å². The van der Waals surface area contributed by atoms with E-state index in [0.29, 0.717) is 0 Å². The van der Waals surface area contributed by atoms with Gasteiger partial charge in [-0.25, -0.2) is 4.39 Å². The molecule has 0 nitrogen and oxygen atoms in total. The van der Waals surface area contributed by atoms with Crippen LogP contribution in [0.25, 0.3) is 0 Å². The van der Waals surface area contributed by atoms with E-state index in [2.05, 4.69) is 6.92 Å². The lowest BCUT2D eigenvalue weighted by molar-refractivity contribution is -0.343. The lowest BCUT2D eigenvalue weighted by Crippen LogP contribution is -2.53. The summed E-state index contributed by atoms with van der Waals surface area (Å²) in [5.41, 5.74) is -5.11. The van der Waals surface area contributed by atoms with Gasteiger partial charge in [-0.1, -0.05) is 13.3 Å². The van der Waals surface area contributed by atoms with Crippen LogP contribution in [0.5, 0.6) is 0 Å². The first kappa shape index (κ1) is 13.5. The third-order valence-electron chi connectivity index (χ3n) is 1.67. The topological polar surface area (TPSA) is 0 Å². The van der Waals surface area contributed by atoms with Crippen molar-refractivity contribution in [3.8, 4) is 0 Å². The van der Waals surface area contributed by atoms with Crippen LogP contribution in [-0.4, -0.2) is 18.0 Å². The molecule has 0 heterocycles. The molecule has 0 saturated carbocycles. The molecule has 0 spiro atoms. The Labute approximate surface area is 76.1 Å². The van der Waals surface area contributed by atoms with E-state index in [1.807, 2.05) is 0 Å². The summed E-state index contributed by atoms with van der Waals surface area (Å²) < 4.78 is 83.6. The van der Waals surface area contributed by atoms with E-state index in [9.17, 15) is 30.7 Å². The number of hydrogen-bond donors (Lipinski definition) is 0. The quantitative estimate of drug-likeness (QED) is 0.640. The average molecular weight is 225 g/mol. The van der Waals surface area contributed by atoms with Crippen LogP contribution < -0.4 is 0 Å². The van der Waals surface area contributed by atoms with E-state index in [1.165, 1.54) is 0 Å². The first-order valence-corrected chi connectivity index (χ1v) is 3.68. The molecule has 0 fully saturated rings. The third-order valence-corrected chi connectivity index (χ3v) is 1.67. The van der Waals surface area contributed by atoms with Crippen molar-refractivity contribution < 1.29 is 30.7 Å². The highest BCUT2D eigenvalue weighted by molar-refractivity contribution is 4.94. The number of hydrogen-bond acceptors (Lipinski definition) is 0. The monoisotopic (exact) mass is 225 g/mol. The summed E-state index contributed by atoms with van der Waals surface area (Å²) in [6.07, 6.45) is -14.3. The summed E-state index contributed by atoms with van der Waals surface area (Å²) in [5.74, 6) is 0. The fourth-order valence-electron chi connectivity index (χ4n) is 0.813. The molecule has 0 unspecified atom stereocenters. The molecule has 0 aromatic heterocycles. The van der Waals surface area contributed by atoms with Crippen LogP contribution in [-0.2, 0) is 0 Å². The standard InChI is InChI=1S/C7H8F7/c1-2-3-4-5(8,6(9,10)11)7(12,13)14/h1-4H2. The Kier molecular flexibility index (Phi) is 3.80. The lowest BCUT2D eigenvalue weighted by Gasteiger charge is -2.29. The molecule has 0 aliphatic carbocycles. The lowest BCUT2D eigenvalue weighted by atomic mass is 9.97. The van der Waals surface area contributed by atoms with Crippen LogP contribution in [0.3, 0.4) is 0 Å². The van der Waals surface area contributed by atoms with Crippen molar-refractivity contribution in [1.29, 1.82) is 0 Å². The fraction of sp³-hybridized carbons (Fsp3) is 0.857. The van der Waals surface area contributed by atoms with Crippen LogP contribution in [0.15, 0.2) is 0 Å². The van der Waals surface area contributed by atoms with Crippen LogP contribution in [0, 0.1) is 6.92 Å². The Hall–Kier alpha value is -0.490. The Balaban J connectivity index is 4.87. The van der Waals surface area contributed by atoms with Gasteiger partial charge in [0.05, 0.1) is 0 Å². The molecule has 1 radical (unpaired) electrons. The molecule has 0 rings (SSSR count). The molecule has 0 atom stereocenters. The summed E-state index contributed by atoms with van der Waals surface area (Å²) in [5, 5.41) is 0. The predicted octanol–water partition coefficient (Wildman–Crippen LogP) is 3.82. The number of rotatable bonds is 3. The molecule has 0 aliphatic heterocycles. The number of halogens is 7. The largest absolute Gasteiger partial charge is 0.431 e. The molecule has 0 bridgehead atoms. The van der Waals surface area contributed by atoms with Crippen molar-refractivity contribution >= 4 is 0 Å². The Morgan fingerprint density at radius 3 is 1.36 bits per heavy atom. The first-order chi connectivity index (χ1) is 6.06. The van der Waals surface area contributed by atoms with Crippen molar-refractivity contribution in [2.75, 3.05) is 0 Å². The highest BCUT2D eigenvalue weighted by Crippen LogP contribution is 2.48. The molecule has 0 aliphatic rings. The Morgan fingerprint density at radius 2 is 1.14 bits per heavy atom. The van der Waals surface area contributed by atoms with Crippen LogP contribution in [0.2, 0.25) is 0 Å². The maximum absolute atomic E-state index is 12.7. The fourth-order valence-corrected chi connectivity index (χ4v) is 0.813. The van der Waals surface area contributed by atoms with Crippen molar-refractivity contribution in [3.63, 3.8) is 0 Å². The van der Waals surface area contributed by atoms with Crippen LogP contribution >= 0.6 is 0 Å². The molecule has 0 aromatic carbocycles. The van der Waals surface area contributed by atoms with E-state index < -0.39 is 30.9 Å². The predicted molar refractivity (Wildman–Crippen MR) is 35.2 cm³/mol. The number of unbranched alkanes of at least 4 members (excludes halogenated alkanes) is 1. The number of alkyl halides is 7. The third kappa shape index (κ3) is 2.51. The van der Waals surface area contributed by atoms with Crippen molar-refractivity contribution in [3.05, 3.63) is 6.92 Å². The molecule has 7 heteroatoms. The van der Waals surface area contributed by atoms with E-state index in [-0.39, 0.29) is 6.42 Å². The summed E-state index contributed by atoms with van der Waals surface area (Å²) in [4.78, 5) is 0. The molecule has 0 amide bonds. The highest BCUT2D eigenvalue weighted by atomic mass is 19.4. The van der Waals surface area contributed by atoms with Gasteiger partial charge in [-0.2, -0.15) is 26.3 Å². The first-order valence-electron chi connectivity index (χ1n) is 3.68. The molecule has 0 aromatic rings. The van der Waals surface area contributed by atoms with Gasteiger partial charge in [0.1, 0.15) is 0 Å². The smallest absolute Gasteiger partial charge is 0.224 e. The van der Waals surface area contributed by atoms with Gasteiger partial charge >= 0.3 is 12.4 Å². The summed E-state index contributed by atoms with van der Waals surface area (Å²) >= 11 is 0. The second kappa shape index (κ2) is 3.94. The average Bonchev–Trinajstić information content (AvgIpc) is 1.95. The van der Waals surface area contributed by atoms with Gasteiger partial charge < -0.3 is 0 Å². The zero-order valence-electron chi connectivity index (χ0n) is 6.97. The zero-order valence-corrected chi connectivity index (χ0v) is 6.97. The molecule has 85 valence electrons. The molecular formula is C7H8F7. The van der Waals surface area contributed by atoms with E-state index in [0.717, 1.165) is 0 Å². The van der Waals surface area contributed by atoms with Crippen molar-refractivity contribution in [1.82, 2.24) is 0 Å². The molecule has 14 heavy (non-hydrogen) atoms.